The van der Waals surface area contributed by atoms with Gasteiger partial charge in [0, 0.05) is 18.4 Å². The van der Waals surface area contributed by atoms with Gasteiger partial charge >= 0.3 is 0 Å². The summed E-state index contributed by atoms with van der Waals surface area (Å²) in [5.41, 5.74) is 5.95. The van der Waals surface area contributed by atoms with E-state index in [2.05, 4.69) is 20.8 Å². The number of hydrogen-bond donors (Lipinski definition) is 2. The number of rotatable bonds is 5. The van der Waals surface area contributed by atoms with Crippen molar-refractivity contribution in [2.75, 3.05) is 5.75 Å². The van der Waals surface area contributed by atoms with Crippen molar-refractivity contribution in [2.45, 2.75) is 10.8 Å². The SMILES string of the molecule is O=C(CCSc1nc2ccccc2s1)NNC(=O)c1ccccn1. The number of nitrogens with one attached hydrogen (secondary N) is 2. The Morgan fingerprint density at radius 3 is 2.71 bits per heavy atom. The van der Waals surface area contributed by atoms with E-state index in [1.54, 1.807) is 29.5 Å². The fourth-order valence-electron chi connectivity index (χ4n) is 1.89. The third kappa shape index (κ3) is 4.30. The van der Waals surface area contributed by atoms with E-state index in [9.17, 15) is 9.59 Å². The maximum absolute atomic E-state index is 11.8. The molecule has 0 saturated heterocycles. The predicted octanol–water partition coefficient (Wildman–Crippen LogP) is 2.63. The molecule has 1 aromatic carbocycles. The van der Waals surface area contributed by atoms with Crippen LogP contribution in [0.5, 0.6) is 0 Å². The van der Waals surface area contributed by atoms with E-state index in [4.69, 9.17) is 0 Å². The van der Waals surface area contributed by atoms with Crippen molar-refractivity contribution in [3.05, 3.63) is 54.4 Å². The van der Waals surface area contributed by atoms with Gasteiger partial charge in [-0.1, -0.05) is 30.0 Å². The Hall–Kier alpha value is -2.45. The van der Waals surface area contributed by atoms with Gasteiger partial charge < -0.3 is 0 Å². The van der Waals surface area contributed by atoms with E-state index < -0.39 is 5.91 Å². The van der Waals surface area contributed by atoms with Crippen molar-refractivity contribution < 1.29 is 9.59 Å². The number of benzene rings is 1. The zero-order valence-electron chi connectivity index (χ0n) is 12.6. The number of pyridine rings is 1. The minimum atomic E-state index is -0.442. The number of carbonyl (C=O) groups excluding carboxylic acids is 2. The number of para-hydroxylation sites is 1. The molecule has 8 heteroatoms. The van der Waals surface area contributed by atoms with Crippen LogP contribution in [0.2, 0.25) is 0 Å². The number of carbonyl (C=O) groups is 2. The first-order valence-corrected chi connectivity index (χ1v) is 9.01. The van der Waals surface area contributed by atoms with E-state index >= 15 is 0 Å². The van der Waals surface area contributed by atoms with Gasteiger partial charge in [-0.15, -0.1) is 11.3 Å². The standard InChI is InChI=1S/C16H14N4O2S2/c21-14(19-20-15(22)12-6-3-4-9-17-12)8-10-23-16-18-11-5-1-2-7-13(11)24-16/h1-7,9H,8,10H2,(H,19,21)(H,20,22). The van der Waals surface area contributed by atoms with Crippen molar-refractivity contribution in [3.63, 3.8) is 0 Å². The summed E-state index contributed by atoms with van der Waals surface area (Å²) in [7, 11) is 0. The number of aromatic nitrogens is 2. The van der Waals surface area contributed by atoms with E-state index in [1.807, 2.05) is 24.3 Å². The summed E-state index contributed by atoms with van der Waals surface area (Å²) in [4.78, 5) is 31.9. The molecule has 2 heterocycles. The van der Waals surface area contributed by atoms with Crippen LogP contribution in [0.1, 0.15) is 16.9 Å². The second-order valence-electron chi connectivity index (χ2n) is 4.76. The van der Waals surface area contributed by atoms with E-state index in [0.717, 1.165) is 14.6 Å². The van der Waals surface area contributed by atoms with Gasteiger partial charge in [-0.25, -0.2) is 4.98 Å². The molecule has 0 unspecified atom stereocenters. The maximum atomic E-state index is 11.8. The van der Waals surface area contributed by atoms with Gasteiger partial charge in [-0.05, 0) is 24.3 Å². The first-order valence-electron chi connectivity index (χ1n) is 7.21. The van der Waals surface area contributed by atoms with Crippen LogP contribution in [0.3, 0.4) is 0 Å². The lowest BCUT2D eigenvalue weighted by atomic mass is 10.3. The van der Waals surface area contributed by atoms with Crippen LogP contribution in [-0.2, 0) is 4.79 Å². The molecule has 2 aromatic heterocycles. The number of fused-ring (bicyclic) bond motifs is 1. The Morgan fingerprint density at radius 2 is 1.92 bits per heavy atom. The number of hydrazine groups is 1. The third-order valence-corrected chi connectivity index (χ3v) is 5.22. The van der Waals surface area contributed by atoms with Crippen LogP contribution in [0.25, 0.3) is 10.2 Å². The zero-order chi connectivity index (χ0) is 16.8. The van der Waals surface area contributed by atoms with Crippen LogP contribution in [-0.4, -0.2) is 27.5 Å². The van der Waals surface area contributed by atoms with E-state index in [0.29, 0.717) is 5.75 Å². The summed E-state index contributed by atoms with van der Waals surface area (Å²) in [6.45, 7) is 0. The van der Waals surface area contributed by atoms with Crippen molar-refractivity contribution in [3.8, 4) is 0 Å². The molecule has 0 radical (unpaired) electrons. The highest BCUT2D eigenvalue weighted by Gasteiger charge is 2.09. The van der Waals surface area contributed by atoms with Gasteiger partial charge in [-0.2, -0.15) is 0 Å². The Labute approximate surface area is 146 Å². The highest BCUT2D eigenvalue weighted by atomic mass is 32.2. The average Bonchev–Trinajstić information content (AvgIpc) is 3.03. The van der Waals surface area contributed by atoms with Crippen LogP contribution >= 0.6 is 23.1 Å². The summed E-state index contributed by atoms with van der Waals surface area (Å²) < 4.78 is 2.06. The third-order valence-electron chi connectivity index (χ3n) is 3.04. The van der Waals surface area contributed by atoms with E-state index in [-0.39, 0.29) is 18.0 Å². The number of amides is 2. The predicted molar refractivity (Wildman–Crippen MR) is 94.8 cm³/mol. The molecule has 24 heavy (non-hydrogen) atoms. The summed E-state index contributed by atoms with van der Waals surface area (Å²) in [6, 6.07) is 12.9. The molecule has 122 valence electrons. The molecule has 3 rings (SSSR count). The van der Waals surface area contributed by atoms with Crippen molar-refractivity contribution >= 4 is 45.1 Å². The number of nitrogens with zero attached hydrogens (tertiary/aromatic N) is 2. The number of hydrogen-bond acceptors (Lipinski definition) is 6. The molecule has 0 fully saturated rings. The van der Waals surface area contributed by atoms with Gasteiger partial charge in [0.15, 0.2) is 4.34 Å². The molecule has 0 aliphatic heterocycles. The lowest BCUT2D eigenvalue weighted by Crippen LogP contribution is -2.42. The van der Waals surface area contributed by atoms with Gasteiger partial charge in [0.2, 0.25) is 5.91 Å². The minimum Gasteiger partial charge on any atom is -0.273 e. The molecule has 6 nitrogen and oxygen atoms in total. The Bertz CT molecular complexity index is 818. The molecular weight excluding hydrogens is 344 g/mol. The van der Waals surface area contributed by atoms with Gasteiger partial charge in [0.25, 0.3) is 5.91 Å². The monoisotopic (exact) mass is 358 g/mol. The summed E-state index contributed by atoms with van der Waals surface area (Å²) in [6.07, 6.45) is 1.80. The molecular formula is C16H14N4O2S2. The van der Waals surface area contributed by atoms with E-state index in [1.165, 1.54) is 18.0 Å². The summed E-state index contributed by atoms with van der Waals surface area (Å²) >= 11 is 3.13. The lowest BCUT2D eigenvalue weighted by molar-refractivity contribution is -0.121. The van der Waals surface area contributed by atoms with Crippen LogP contribution in [0.15, 0.2) is 53.0 Å². The molecule has 3 aromatic rings. The topological polar surface area (TPSA) is 84.0 Å². The summed E-state index contributed by atoms with van der Waals surface area (Å²) in [5.74, 6) is -0.110. The van der Waals surface area contributed by atoms with Gasteiger partial charge in [0.1, 0.15) is 5.69 Å². The van der Waals surface area contributed by atoms with Crippen LogP contribution in [0.4, 0.5) is 0 Å². The van der Waals surface area contributed by atoms with Gasteiger partial charge in [0.05, 0.1) is 10.2 Å². The van der Waals surface area contributed by atoms with Gasteiger partial charge in [-0.3, -0.25) is 25.4 Å². The van der Waals surface area contributed by atoms with Crippen LogP contribution < -0.4 is 10.9 Å². The quantitative estimate of drug-likeness (QED) is 0.541. The Kier molecular flexibility index (Phi) is 5.39. The molecule has 0 aliphatic rings. The second kappa shape index (κ2) is 7.89. The highest BCUT2D eigenvalue weighted by molar-refractivity contribution is 8.01. The average molecular weight is 358 g/mol. The smallest absolute Gasteiger partial charge is 0.273 e. The molecule has 0 bridgehead atoms. The lowest BCUT2D eigenvalue weighted by Gasteiger charge is -2.06. The fourth-order valence-corrected chi connectivity index (χ4v) is 3.97. The normalized spacial score (nSPS) is 10.5. The number of thiazole rings is 1. The second-order valence-corrected chi connectivity index (χ2v) is 7.14. The van der Waals surface area contributed by atoms with Crippen molar-refractivity contribution in [1.82, 2.24) is 20.8 Å². The summed E-state index contributed by atoms with van der Waals surface area (Å²) in [5, 5.41) is 0. The Morgan fingerprint density at radius 1 is 1.08 bits per heavy atom. The number of thioether (sulfide) groups is 1. The first-order chi connectivity index (χ1) is 11.7. The molecule has 0 saturated carbocycles. The largest absolute Gasteiger partial charge is 0.288 e. The fraction of sp³-hybridized carbons (Fsp3) is 0.125. The molecule has 0 spiro atoms. The highest BCUT2D eigenvalue weighted by Crippen LogP contribution is 2.29. The van der Waals surface area contributed by atoms with Crippen LogP contribution in [0, 0.1) is 0 Å². The first kappa shape index (κ1) is 16.4. The molecule has 0 atom stereocenters. The molecule has 2 amide bonds. The zero-order valence-corrected chi connectivity index (χ0v) is 14.2. The van der Waals surface area contributed by atoms with Crippen molar-refractivity contribution in [1.29, 1.82) is 0 Å². The molecule has 2 N–H and O–H groups in total. The van der Waals surface area contributed by atoms with Crippen molar-refractivity contribution in [2.24, 2.45) is 0 Å². The molecule has 0 aliphatic carbocycles. The maximum Gasteiger partial charge on any atom is 0.288 e. The minimum absolute atomic E-state index is 0.252. The Balaban J connectivity index is 1.42.